The van der Waals surface area contributed by atoms with Gasteiger partial charge in [-0.25, -0.2) is 14.8 Å². The summed E-state index contributed by atoms with van der Waals surface area (Å²) in [6.45, 7) is 17.8. The van der Waals surface area contributed by atoms with Crippen molar-refractivity contribution in [2.24, 2.45) is 0 Å². The van der Waals surface area contributed by atoms with Crippen LogP contribution in [0.5, 0.6) is 0 Å². The number of carboxylic acid groups (broad SMARTS) is 1. The number of rotatable bonds is 5. The first-order valence-electron chi connectivity index (χ1n) is 16.6. The molecule has 1 N–H and O–H groups in total. The van der Waals surface area contributed by atoms with E-state index < -0.39 is 5.97 Å². The molecule has 0 saturated carbocycles. The van der Waals surface area contributed by atoms with E-state index in [1.807, 2.05) is 48.5 Å². The van der Waals surface area contributed by atoms with E-state index in [1.54, 1.807) is 6.07 Å². The van der Waals surface area contributed by atoms with Gasteiger partial charge >= 0.3 is 5.97 Å². The first-order valence-corrected chi connectivity index (χ1v) is 16.6. The van der Waals surface area contributed by atoms with Gasteiger partial charge in [-0.3, -0.25) is 0 Å². The second-order valence-electron chi connectivity index (χ2n) is 15.1. The van der Waals surface area contributed by atoms with Gasteiger partial charge in [0.1, 0.15) is 11.5 Å². The molecule has 0 saturated heterocycles. The van der Waals surface area contributed by atoms with Gasteiger partial charge < -0.3 is 14.7 Å². The number of aromatic nitrogens is 4. The number of para-hydroxylation sites is 1. The van der Waals surface area contributed by atoms with Crippen molar-refractivity contribution in [2.45, 2.75) is 72.3 Å². The molecule has 0 aliphatic rings. The summed E-state index contributed by atoms with van der Waals surface area (Å²) < 4.78 is 2.28. The number of fused-ring (bicyclic) bond motifs is 4. The quantitative estimate of drug-likeness (QED) is 0.187. The Morgan fingerprint density at radius 3 is 2.08 bits per heavy atom. The number of benzene rings is 4. The number of nitrogens with zero attached hydrogens (tertiary/aromatic N) is 4. The van der Waals surface area contributed by atoms with Crippen LogP contribution in [0, 0.1) is 0 Å². The Kier molecular flexibility index (Phi) is 8.69. The minimum absolute atomic E-state index is 0. The fourth-order valence-corrected chi connectivity index (χ4v) is 6.61. The summed E-state index contributed by atoms with van der Waals surface area (Å²) in [5.74, 6) is -0.236. The summed E-state index contributed by atoms with van der Waals surface area (Å²) >= 11 is 0. The van der Waals surface area contributed by atoms with Gasteiger partial charge in [-0.05, 0) is 82.0 Å². The Morgan fingerprint density at radius 1 is 0.735 bits per heavy atom. The van der Waals surface area contributed by atoms with Gasteiger partial charge in [0.25, 0.3) is 0 Å². The smallest absolute Gasteiger partial charge is 0.354 e. The van der Waals surface area contributed by atoms with Crippen molar-refractivity contribution in [1.82, 2.24) is 19.5 Å². The predicted octanol–water partition coefficient (Wildman–Crippen LogP) is 10.6. The normalized spacial score (nSPS) is 12.3. The molecule has 0 aliphatic heterocycles. The number of pyridine rings is 1. The van der Waals surface area contributed by atoms with Crippen LogP contribution in [0.4, 0.5) is 0 Å². The number of aromatic carboxylic acids is 1. The zero-order valence-electron chi connectivity index (χ0n) is 29.2. The number of hydrogen-bond acceptors (Lipinski definition) is 3. The maximum Gasteiger partial charge on any atom is 0.354 e. The molecule has 3 aromatic heterocycles. The van der Waals surface area contributed by atoms with E-state index in [9.17, 15) is 9.90 Å². The Morgan fingerprint density at radius 2 is 1.43 bits per heavy atom. The van der Waals surface area contributed by atoms with Crippen molar-refractivity contribution in [3.63, 3.8) is 0 Å². The number of carboxylic acids is 1. The summed E-state index contributed by atoms with van der Waals surface area (Å²) in [7, 11) is 0. The summed E-state index contributed by atoms with van der Waals surface area (Å²) in [6.07, 6.45) is 0. The van der Waals surface area contributed by atoms with Gasteiger partial charge in [-0.1, -0.05) is 108 Å². The molecule has 49 heavy (non-hydrogen) atoms. The molecule has 0 radical (unpaired) electrons. The van der Waals surface area contributed by atoms with Crippen molar-refractivity contribution >= 4 is 38.8 Å². The molecule has 0 fully saturated rings. The molecule has 6 nitrogen and oxygen atoms in total. The third-order valence-corrected chi connectivity index (χ3v) is 9.27. The van der Waals surface area contributed by atoms with E-state index in [1.165, 1.54) is 11.1 Å². The van der Waals surface area contributed by atoms with Crippen LogP contribution in [0.1, 0.15) is 83.0 Å². The van der Waals surface area contributed by atoms with E-state index in [-0.39, 0.29) is 43.6 Å². The van der Waals surface area contributed by atoms with Gasteiger partial charge in [0.15, 0.2) is 0 Å². The average Bonchev–Trinajstić information content (AvgIpc) is 3.62. The van der Waals surface area contributed by atoms with Crippen molar-refractivity contribution in [1.29, 1.82) is 0 Å². The van der Waals surface area contributed by atoms with Crippen LogP contribution in [0.25, 0.3) is 66.6 Å². The van der Waals surface area contributed by atoms with Gasteiger partial charge in [-0.15, -0.1) is 11.0 Å². The molecule has 3 heterocycles. The fourth-order valence-electron chi connectivity index (χ4n) is 6.61. The van der Waals surface area contributed by atoms with Crippen molar-refractivity contribution in [3.05, 3.63) is 108 Å². The molecule has 7 heteroatoms. The maximum atomic E-state index is 12.3. The van der Waals surface area contributed by atoms with Crippen LogP contribution < -0.4 is 4.98 Å². The van der Waals surface area contributed by atoms with Crippen molar-refractivity contribution < 1.29 is 31.0 Å². The molecular weight excluding hydrogens is 788 g/mol. The monoisotopic (exact) mass is 828 g/mol. The molecular formula is C42H41N4O2Pt-. The first-order chi connectivity index (χ1) is 22.7. The van der Waals surface area contributed by atoms with Gasteiger partial charge in [0, 0.05) is 38.2 Å². The number of imidazole rings is 1. The average molecular weight is 829 g/mol. The van der Waals surface area contributed by atoms with Crippen LogP contribution in [-0.2, 0) is 31.9 Å². The van der Waals surface area contributed by atoms with Crippen LogP contribution in [0.3, 0.4) is 0 Å². The fraction of sp³-hybridized carbons (Fsp3) is 0.262. The Bertz CT molecular complexity index is 2370. The van der Waals surface area contributed by atoms with Gasteiger partial charge in [0.05, 0.1) is 16.7 Å². The largest absolute Gasteiger partial charge is 0.656 e. The molecule has 7 rings (SSSR count). The van der Waals surface area contributed by atoms with Gasteiger partial charge in [-0.2, -0.15) is 0 Å². The summed E-state index contributed by atoms with van der Waals surface area (Å²) in [5, 5.41) is 12.3. The molecule has 0 atom stereocenters. The van der Waals surface area contributed by atoms with Crippen LogP contribution in [0.15, 0.2) is 91.0 Å². The third kappa shape index (κ3) is 6.12. The second kappa shape index (κ2) is 12.4. The van der Waals surface area contributed by atoms with E-state index in [2.05, 4.69) is 101 Å². The van der Waals surface area contributed by atoms with Crippen LogP contribution in [-0.4, -0.2) is 25.6 Å². The summed E-state index contributed by atoms with van der Waals surface area (Å²) in [5.41, 5.74) is 10.1. The molecule has 4 aromatic carbocycles. The predicted molar refractivity (Wildman–Crippen MR) is 197 cm³/mol. The number of carbonyl (C=O) groups is 1. The summed E-state index contributed by atoms with van der Waals surface area (Å²) in [4.78, 5) is 27.5. The van der Waals surface area contributed by atoms with Crippen molar-refractivity contribution in [3.8, 4) is 33.8 Å². The Balaban J connectivity index is 0.00000417. The van der Waals surface area contributed by atoms with Gasteiger partial charge in [0.2, 0.25) is 0 Å². The first kappa shape index (κ1) is 34.3. The van der Waals surface area contributed by atoms with Crippen LogP contribution >= 0.6 is 0 Å². The molecule has 0 spiro atoms. The zero-order valence-corrected chi connectivity index (χ0v) is 31.5. The maximum absolute atomic E-state index is 12.3. The van der Waals surface area contributed by atoms with Crippen LogP contribution in [0.2, 0.25) is 0 Å². The Hall–Kier alpha value is -4.54. The third-order valence-electron chi connectivity index (χ3n) is 9.27. The van der Waals surface area contributed by atoms with Crippen molar-refractivity contribution in [2.75, 3.05) is 0 Å². The standard InChI is InChI=1S/C42H42N4O2.Pt/c1-24(2)46-36-16-12-15-29(34-19-26(20-35(43-34)40(47)48)25-13-10-9-11-14-25)38(36)45-39(46)32-23-28(42(6,7)8)22-31-30-21-27(41(3,4)5)17-18-33(30)44-37(31)32;/h9-24H,1-8H3,(H2,43,44,45,47,48);/p-1. The number of hydrogen-bond donors (Lipinski definition) is 1. The molecule has 0 aliphatic carbocycles. The molecule has 7 aromatic rings. The summed E-state index contributed by atoms with van der Waals surface area (Å²) in [6, 6.07) is 30.8. The molecule has 0 unspecified atom stereocenters. The minimum atomic E-state index is -1.07. The van der Waals surface area contributed by atoms with E-state index >= 15 is 0 Å². The topological polar surface area (TPSA) is 82.1 Å². The Labute approximate surface area is 301 Å². The minimum Gasteiger partial charge on any atom is -0.656 e. The van der Waals surface area contributed by atoms with E-state index in [0.29, 0.717) is 5.69 Å². The van der Waals surface area contributed by atoms with E-state index in [0.717, 1.165) is 60.9 Å². The van der Waals surface area contributed by atoms with E-state index in [4.69, 9.17) is 9.97 Å². The SMILES string of the molecule is CC(C)n1c(-c2cc(C(C)(C)C)cc3c2[n-]c2ccc(C(C)(C)C)cc23)nc2c(-c3cc(-c4ccccc4)cc(C(=O)O)n3)cccc21.[Pt]. The molecule has 0 amide bonds. The second-order valence-corrected chi connectivity index (χ2v) is 15.1. The molecule has 0 bridgehead atoms. The zero-order chi connectivity index (χ0) is 34.1. The molecule has 252 valence electrons.